The number of oxime groups is 1. The first-order valence-corrected chi connectivity index (χ1v) is 5.67. The summed E-state index contributed by atoms with van der Waals surface area (Å²) in [5.41, 5.74) is 0.473. The van der Waals surface area contributed by atoms with E-state index in [0.717, 1.165) is 11.2 Å². The normalized spacial score (nSPS) is 19.5. The molecule has 10 heteroatoms. The lowest BCUT2D eigenvalue weighted by atomic mass is 10.6. The Labute approximate surface area is 97.6 Å². The number of nitrogens with two attached hydrogens (primary N) is 1. The van der Waals surface area contributed by atoms with Gasteiger partial charge in [-0.3, -0.25) is 5.01 Å². The fraction of sp³-hybridized carbons (Fsp3) is 0.571. The van der Waals surface area contributed by atoms with E-state index in [2.05, 4.69) is 5.16 Å². The number of guanidine groups is 1. The van der Waals surface area contributed by atoms with Crippen LogP contribution >= 0.6 is 0 Å². The Bertz CT molecular complexity index is 382. The highest BCUT2D eigenvalue weighted by Gasteiger charge is 2.42. The summed E-state index contributed by atoms with van der Waals surface area (Å²) in [6.07, 6.45) is 1.08. The molecule has 0 bridgehead atoms. The molecule has 1 atom stereocenters. The van der Waals surface area contributed by atoms with Gasteiger partial charge in [0.2, 0.25) is 0 Å². The van der Waals surface area contributed by atoms with Crippen LogP contribution in [0.5, 0.6) is 0 Å². The molecule has 17 heavy (non-hydrogen) atoms. The Balaban J connectivity index is 2.91. The monoisotopic (exact) mass is 272 g/mol. The van der Waals surface area contributed by atoms with Crippen molar-refractivity contribution in [2.45, 2.75) is 12.4 Å². The fourth-order valence-electron chi connectivity index (χ4n) is 1.30. The van der Waals surface area contributed by atoms with E-state index in [4.69, 9.17) is 10.9 Å². The number of rotatable bonds is 2. The van der Waals surface area contributed by atoms with Gasteiger partial charge in [0.25, 0.3) is 5.96 Å². The molecule has 1 aliphatic rings. The fourth-order valence-corrected chi connectivity index (χ4v) is 2.05. The zero-order valence-electron chi connectivity index (χ0n) is 8.81. The first-order chi connectivity index (χ1) is 7.81. The molecule has 0 radical (unpaired) electrons. The second-order valence-corrected chi connectivity index (χ2v) is 4.61. The molecule has 0 aromatic heterocycles. The molecule has 3 N–H and O–H groups in total. The highest BCUT2D eigenvalue weighted by Crippen LogP contribution is 2.29. The summed E-state index contributed by atoms with van der Waals surface area (Å²) < 4.78 is 47.9. The molecule has 1 unspecified atom stereocenters. The molecule has 0 aromatic rings. The van der Waals surface area contributed by atoms with Gasteiger partial charge in [0.1, 0.15) is 0 Å². The number of alkyl halides is 3. The third-order valence-electron chi connectivity index (χ3n) is 2.05. The average Bonchev–Trinajstić information content (AvgIpc) is 2.69. The summed E-state index contributed by atoms with van der Waals surface area (Å²) in [6, 6.07) is 0. The lowest BCUT2D eigenvalue weighted by molar-refractivity contribution is -0.0377. The Morgan fingerprint density at radius 3 is 2.71 bits per heavy atom. The van der Waals surface area contributed by atoms with Crippen LogP contribution in [0, 0.1) is 0 Å². The van der Waals surface area contributed by atoms with E-state index in [1.54, 1.807) is 6.92 Å². The van der Waals surface area contributed by atoms with Crippen LogP contribution < -0.4 is 5.73 Å². The van der Waals surface area contributed by atoms with Crippen LogP contribution in [-0.4, -0.2) is 44.0 Å². The van der Waals surface area contributed by atoms with E-state index in [0.29, 0.717) is 6.54 Å². The molecule has 6 nitrogen and oxygen atoms in total. The average molecular weight is 272 g/mol. The number of halogens is 3. The van der Waals surface area contributed by atoms with Gasteiger partial charge in [0.05, 0.1) is 11.4 Å². The standard InChI is InChI=1S/C7H11F3N4O2S/c1-2-13-3-5(17(16)7(8,9)10)4-14(13)6(11)12-15/h3,15H,2,4H2,1H3,(H2,11,12). The van der Waals surface area contributed by atoms with Crippen LogP contribution in [-0.2, 0) is 10.8 Å². The van der Waals surface area contributed by atoms with Crippen molar-refractivity contribution in [2.75, 3.05) is 13.1 Å². The van der Waals surface area contributed by atoms with Crippen molar-refractivity contribution in [3.05, 3.63) is 11.1 Å². The van der Waals surface area contributed by atoms with Gasteiger partial charge in [-0.1, -0.05) is 0 Å². The molecule has 1 rings (SSSR count). The predicted octanol–water partition coefficient (Wildman–Crippen LogP) is 0.353. The minimum Gasteiger partial charge on any atom is -0.408 e. The number of hydrogen-bond acceptors (Lipinski definition) is 4. The molecule has 98 valence electrons. The number of hydrazine groups is 1. The van der Waals surface area contributed by atoms with Crippen LogP contribution in [0.3, 0.4) is 0 Å². The van der Waals surface area contributed by atoms with Gasteiger partial charge in [-0.15, -0.1) is 0 Å². The maximum atomic E-state index is 12.3. The van der Waals surface area contributed by atoms with Crippen molar-refractivity contribution in [3.8, 4) is 0 Å². The topological polar surface area (TPSA) is 82.2 Å². The van der Waals surface area contributed by atoms with Gasteiger partial charge in [0.15, 0.2) is 10.8 Å². The zero-order chi connectivity index (χ0) is 13.2. The van der Waals surface area contributed by atoms with E-state index in [9.17, 15) is 17.4 Å². The van der Waals surface area contributed by atoms with E-state index < -0.39 is 16.3 Å². The molecule has 0 aliphatic carbocycles. The summed E-state index contributed by atoms with van der Waals surface area (Å²) >= 11 is 0. The molecule has 0 amide bonds. The van der Waals surface area contributed by atoms with Crippen LogP contribution in [0.1, 0.15) is 6.92 Å². The highest BCUT2D eigenvalue weighted by molar-refractivity contribution is 7.89. The Morgan fingerprint density at radius 2 is 2.29 bits per heavy atom. The third kappa shape index (κ3) is 2.81. The van der Waals surface area contributed by atoms with Crippen LogP contribution in [0.2, 0.25) is 0 Å². The lowest BCUT2D eigenvalue weighted by Gasteiger charge is -2.27. The quantitative estimate of drug-likeness (QED) is 0.328. The number of hydrogen-bond donors (Lipinski definition) is 2. The molecule has 0 aromatic carbocycles. The second-order valence-electron chi connectivity index (χ2n) is 3.08. The SMILES string of the molecule is CCN1C=C(S(=O)C(F)(F)F)CN1C(N)=NO. The van der Waals surface area contributed by atoms with Crippen molar-refractivity contribution in [2.24, 2.45) is 10.9 Å². The van der Waals surface area contributed by atoms with Gasteiger partial charge in [0, 0.05) is 12.7 Å². The molecular weight excluding hydrogens is 261 g/mol. The van der Waals surface area contributed by atoms with E-state index >= 15 is 0 Å². The van der Waals surface area contributed by atoms with E-state index in [1.807, 2.05) is 0 Å². The first-order valence-electron chi connectivity index (χ1n) is 4.52. The minimum absolute atomic E-state index is 0.300. The van der Waals surface area contributed by atoms with E-state index in [1.165, 1.54) is 5.01 Å². The van der Waals surface area contributed by atoms with Crippen LogP contribution in [0.25, 0.3) is 0 Å². The van der Waals surface area contributed by atoms with Crippen molar-refractivity contribution in [1.29, 1.82) is 0 Å². The molecule has 1 heterocycles. The van der Waals surface area contributed by atoms with Gasteiger partial charge in [-0.2, -0.15) is 13.2 Å². The summed E-state index contributed by atoms with van der Waals surface area (Å²) in [4.78, 5) is -0.342. The molecule has 1 aliphatic heterocycles. The maximum Gasteiger partial charge on any atom is 0.475 e. The molecule has 0 saturated heterocycles. The lowest BCUT2D eigenvalue weighted by Crippen LogP contribution is -2.44. The van der Waals surface area contributed by atoms with Crippen LogP contribution in [0.15, 0.2) is 16.3 Å². The largest absolute Gasteiger partial charge is 0.475 e. The van der Waals surface area contributed by atoms with Crippen LogP contribution in [0.4, 0.5) is 13.2 Å². The summed E-state index contributed by atoms with van der Waals surface area (Å²) in [5, 5.41) is 13.5. The smallest absolute Gasteiger partial charge is 0.408 e. The highest BCUT2D eigenvalue weighted by atomic mass is 32.2. The molecule has 0 spiro atoms. The predicted molar refractivity (Wildman–Crippen MR) is 54.8 cm³/mol. The summed E-state index contributed by atoms with van der Waals surface area (Å²) in [5.74, 6) is -0.364. The Kier molecular flexibility index (Phi) is 3.86. The minimum atomic E-state index is -4.81. The molecule has 0 saturated carbocycles. The summed E-state index contributed by atoms with van der Waals surface area (Å²) in [6.45, 7) is 1.64. The Morgan fingerprint density at radius 1 is 1.71 bits per heavy atom. The van der Waals surface area contributed by atoms with Crippen molar-refractivity contribution in [3.63, 3.8) is 0 Å². The second kappa shape index (κ2) is 4.82. The van der Waals surface area contributed by atoms with Gasteiger partial charge < -0.3 is 10.9 Å². The maximum absolute atomic E-state index is 12.3. The molecular formula is C7H11F3N4O2S. The molecule has 0 fully saturated rings. The van der Waals surface area contributed by atoms with Crippen molar-refractivity contribution in [1.82, 2.24) is 10.0 Å². The van der Waals surface area contributed by atoms with Crippen molar-refractivity contribution >= 4 is 16.8 Å². The summed E-state index contributed by atoms with van der Waals surface area (Å²) in [7, 11) is -3.09. The third-order valence-corrected chi connectivity index (χ3v) is 3.18. The van der Waals surface area contributed by atoms with Crippen molar-refractivity contribution < 1.29 is 22.6 Å². The van der Waals surface area contributed by atoms with Gasteiger partial charge in [-0.05, 0) is 12.1 Å². The van der Waals surface area contributed by atoms with E-state index in [-0.39, 0.29) is 17.4 Å². The number of nitrogens with zero attached hydrogens (tertiary/aromatic N) is 3. The first kappa shape index (κ1) is 13.6. The van der Waals surface area contributed by atoms with Gasteiger partial charge in [-0.25, -0.2) is 9.22 Å². The zero-order valence-corrected chi connectivity index (χ0v) is 9.62. The Hall–Kier alpha value is -1.45. The van der Waals surface area contributed by atoms with Gasteiger partial charge >= 0.3 is 5.51 Å².